The first kappa shape index (κ1) is 13.1. The molecule has 0 atom stereocenters. The van der Waals surface area contributed by atoms with Crippen LogP contribution in [0.3, 0.4) is 0 Å². The van der Waals surface area contributed by atoms with E-state index >= 15 is 0 Å². The highest BCUT2D eigenvalue weighted by atomic mass is 79.9. The van der Waals surface area contributed by atoms with E-state index in [0.29, 0.717) is 5.41 Å². The lowest BCUT2D eigenvalue weighted by atomic mass is 9.92. The summed E-state index contributed by atoms with van der Waals surface area (Å²) in [6.45, 7) is 6.60. The van der Waals surface area contributed by atoms with Crippen LogP contribution in [0.5, 0.6) is 0 Å². The van der Waals surface area contributed by atoms with Crippen LogP contribution in [0.1, 0.15) is 32.4 Å². The third kappa shape index (κ3) is 2.54. The summed E-state index contributed by atoms with van der Waals surface area (Å²) in [4.78, 5) is 8.55. The van der Waals surface area contributed by atoms with Gasteiger partial charge < -0.3 is 5.32 Å². The van der Waals surface area contributed by atoms with Gasteiger partial charge in [0, 0.05) is 19.3 Å². The highest BCUT2D eigenvalue weighted by Gasteiger charge is 2.44. The van der Waals surface area contributed by atoms with E-state index in [-0.39, 0.29) is 0 Å². The minimum atomic E-state index is 0.544. The van der Waals surface area contributed by atoms with Crippen molar-refractivity contribution in [3.05, 3.63) is 28.9 Å². The Labute approximate surface area is 121 Å². The van der Waals surface area contributed by atoms with Crippen molar-refractivity contribution in [1.82, 2.24) is 19.7 Å². The number of rotatable bonds is 5. The molecule has 0 unspecified atom stereocenters. The first-order valence-electron chi connectivity index (χ1n) is 6.79. The molecule has 1 fully saturated rings. The van der Waals surface area contributed by atoms with Crippen LogP contribution in [0, 0.1) is 11.3 Å². The molecule has 1 saturated carbocycles. The number of halogens is 1. The SMILES string of the molecule is CC(C)C1(CNCc2cnc3cnc(Br)cn23)CC1. The number of hydrogen-bond acceptors (Lipinski definition) is 3. The summed E-state index contributed by atoms with van der Waals surface area (Å²) < 4.78 is 2.92. The van der Waals surface area contributed by atoms with Crippen molar-refractivity contribution in [3.63, 3.8) is 0 Å². The molecule has 1 N–H and O–H groups in total. The van der Waals surface area contributed by atoms with Crippen LogP contribution in [-0.2, 0) is 6.54 Å². The van der Waals surface area contributed by atoms with Crippen molar-refractivity contribution in [1.29, 1.82) is 0 Å². The van der Waals surface area contributed by atoms with Gasteiger partial charge in [0.15, 0.2) is 5.65 Å². The summed E-state index contributed by atoms with van der Waals surface area (Å²) in [7, 11) is 0. The summed E-state index contributed by atoms with van der Waals surface area (Å²) in [5, 5.41) is 3.59. The zero-order chi connectivity index (χ0) is 13.5. The van der Waals surface area contributed by atoms with Gasteiger partial charge in [0.05, 0.1) is 18.1 Å². The summed E-state index contributed by atoms with van der Waals surface area (Å²) in [5.74, 6) is 0.764. The van der Waals surface area contributed by atoms with E-state index in [1.54, 1.807) is 6.20 Å². The molecule has 0 spiro atoms. The fraction of sp³-hybridized carbons (Fsp3) is 0.571. The molecule has 2 heterocycles. The lowest BCUT2D eigenvalue weighted by Gasteiger charge is -2.19. The molecule has 5 heteroatoms. The lowest BCUT2D eigenvalue weighted by Crippen LogP contribution is -2.27. The van der Waals surface area contributed by atoms with Crippen molar-refractivity contribution >= 4 is 21.6 Å². The van der Waals surface area contributed by atoms with Gasteiger partial charge in [0.2, 0.25) is 0 Å². The van der Waals surface area contributed by atoms with Gasteiger partial charge in [-0.2, -0.15) is 0 Å². The van der Waals surface area contributed by atoms with Crippen molar-refractivity contribution in [2.45, 2.75) is 33.2 Å². The lowest BCUT2D eigenvalue weighted by molar-refractivity contribution is 0.337. The predicted octanol–water partition coefficient (Wildman–Crippen LogP) is 3.02. The van der Waals surface area contributed by atoms with Crippen LogP contribution in [0.2, 0.25) is 0 Å². The Kier molecular flexibility index (Phi) is 3.35. The van der Waals surface area contributed by atoms with Gasteiger partial charge in [-0.1, -0.05) is 13.8 Å². The standard InChI is InChI=1S/C14H19BrN4/c1-10(2)14(3-4-14)9-16-5-11-6-18-13-7-17-12(15)8-19(11)13/h6-8,10,16H,3-5,9H2,1-2H3. The maximum Gasteiger partial charge on any atom is 0.155 e. The number of nitrogens with zero attached hydrogens (tertiary/aromatic N) is 3. The van der Waals surface area contributed by atoms with Crippen LogP contribution < -0.4 is 5.32 Å². The van der Waals surface area contributed by atoms with Gasteiger partial charge in [-0.05, 0) is 40.1 Å². The van der Waals surface area contributed by atoms with Gasteiger partial charge >= 0.3 is 0 Å². The fourth-order valence-corrected chi connectivity index (χ4v) is 2.91. The summed E-state index contributed by atoms with van der Waals surface area (Å²) in [5.41, 5.74) is 2.62. The van der Waals surface area contributed by atoms with Crippen LogP contribution >= 0.6 is 15.9 Å². The van der Waals surface area contributed by atoms with E-state index in [4.69, 9.17) is 0 Å². The Bertz CT molecular complexity index is 586. The average molecular weight is 323 g/mol. The van der Waals surface area contributed by atoms with Gasteiger partial charge in [0.1, 0.15) is 4.60 Å². The molecule has 1 aliphatic carbocycles. The van der Waals surface area contributed by atoms with Crippen molar-refractivity contribution in [2.24, 2.45) is 11.3 Å². The minimum absolute atomic E-state index is 0.544. The molecule has 2 aromatic heterocycles. The van der Waals surface area contributed by atoms with Crippen molar-refractivity contribution in [2.75, 3.05) is 6.54 Å². The highest BCUT2D eigenvalue weighted by Crippen LogP contribution is 2.51. The number of fused-ring (bicyclic) bond motifs is 1. The second kappa shape index (κ2) is 4.87. The quantitative estimate of drug-likeness (QED) is 0.920. The Morgan fingerprint density at radius 2 is 2.16 bits per heavy atom. The molecule has 0 aliphatic heterocycles. The highest BCUT2D eigenvalue weighted by molar-refractivity contribution is 9.10. The Balaban J connectivity index is 1.67. The Hall–Kier alpha value is -0.940. The van der Waals surface area contributed by atoms with Gasteiger partial charge in [-0.15, -0.1) is 0 Å². The van der Waals surface area contributed by atoms with E-state index < -0.39 is 0 Å². The molecule has 2 aromatic rings. The molecule has 0 amide bonds. The van der Waals surface area contributed by atoms with Crippen molar-refractivity contribution < 1.29 is 0 Å². The van der Waals surface area contributed by atoms with E-state index in [1.807, 2.05) is 12.4 Å². The van der Waals surface area contributed by atoms with Gasteiger partial charge in [-0.3, -0.25) is 4.40 Å². The average Bonchev–Trinajstić information content (AvgIpc) is 3.07. The van der Waals surface area contributed by atoms with Crippen LogP contribution in [0.4, 0.5) is 0 Å². The van der Waals surface area contributed by atoms with Crippen LogP contribution in [-0.4, -0.2) is 20.9 Å². The molecule has 19 heavy (non-hydrogen) atoms. The molecule has 4 nitrogen and oxygen atoms in total. The molecule has 102 valence electrons. The second-order valence-corrected chi connectivity index (χ2v) is 6.62. The van der Waals surface area contributed by atoms with E-state index in [0.717, 1.165) is 29.3 Å². The normalized spacial score (nSPS) is 17.3. The third-order valence-corrected chi connectivity index (χ3v) is 4.75. The second-order valence-electron chi connectivity index (χ2n) is 5.81. The molecule has 0 aromatic carbocycles. The summed E-state index contributed by atoms with van der Waals surface area (Å²) >= 11 is 3.40. The van der Waals surface area contributed by atoms with Gasteiger partial charge in [0.25, 0.3) is 0 Å². The Morgan fingerprint density at radius 3 is 2.84 bits per heavy atom. The van der Waals surface area contributed by atoms with E-state index in [2.05, 4.69) is 49.5 Å². The number of hydrogen-bond donors (Lipinski definition) is 1. The first-order valence-corrected chi connectivity index (χ1v) is 7.58. The molecule has 0 saturated heterocycles. The smallest absolute Gasteiger partial charge is 0.155 e. The molecule has 0 bridgehead atoms. The topological polar surface area (TPSA) is 42.2 Å². The maximum atomic E-state index is 4.37. The largest absolute Gasteiger partial charge is 0.311 e. The minimum Gasteiger partial charge on any atom is -0.311 e. The van der Waals surface area contributed by atoms with Gasteiger partial charge in [-0.25, -0.2) is 9.97 Å². The number of aromatic nitrogens is 3. The van der Waals surface area contributed by atoms with E-state index in [1.165, 1.54) is 18.5 Å². The molecule has 1 aliphatic rings. The van der Waals surface area contributed by atoms with Crippen molar-refractivity contribution in [3.8, 4) is 0 Å². The van der Waals surface area contributed by atoms with Crippen LogP contribution in [0.25, 0.3) is 5.65 Å². The molecule has 3 rings (SSSR count). The van der Waals surface area contributed by atoms with E-state index in [9.17, 15) is 0 Å². The maximum absolute atomic E-state index is 4.37. The zero-order valence-electron chi connectivity index (χ0n) is 11.4. The van der Waals surface area contributed by atoms with Crippen LogP contribution in [0.15, 0.2) is 23.2 Å². The fourth-order valence-electron chi connectivity index (χ4n) is 2.61. The molecular formula is C14H19BrN4. The third-order valence-electron chi connectivity index (χ3n) is 4.34. The monoisotopic (exact) mass is 322 g/mol. The predicted molar refractivity (Wildman–Crippen MR) is 78.9 cm³/mol. The summed E-state index contributed by atoms with van der Waals surface area (Å²) in [6, 6.07) is 0. The molecular weight excluding hydrogens is 304 g/mol. The number of nitrogens with one attached hydrogen (secondary N) is 1. The zero-order valence-corrected chi connectivity index (χ0v) is 12.9. The summed E-state index contributed by atoms with van der Waals surface area (Å²) in [6.07, 6.45) is 8.39. The number of imidazole rings is 1. The first-order chi connectivity index (χ1) is 9.11. The molecule has 0 radical (unpaired) electrons. The Morgan fingerprint density at radius 1 is 1.37 bits per heavy atom.